The van der Waals surface area contributed by atoms with Gasteiger partial charge in [-0.25, -0.2) is 26.3 Å². The molecule has 4 amide bonds. The predicted molar refractivity (Wildman–Crippen MR) is 182 cm³/mol. The summed E-state index contributed by atoms with van der Waals surface area (Å²) in [6, 6.07) is 3.48. The molecule has 2 aliphatic heterocycles. The van der Waals surface area contributed by atoms with E-state index in [-0.39, 0.29) is 23.9 Å². The maximum absolute atomic E-state index is 14.4. The van der Waals surface area contributed by atoms with Gasteiger partial charge in [-0.1, -0.05) is 52.4 Å². The number of nitrogens with zero attached hydrogens (tertiary/aromatic N) is 2. The lowest BCUT2D eigenvalue weighted by Crippen LogP contribution is -2.45. The van der Waals surface area contributed by atoms with Crippen molar-refractivity contribution in [1.29, 1.82) is 0 Å². The Hall–Kier alpha value is -5.66. The molecule has 2 aliphatic rings. The molecule has 0 atom stereocenters. The number of imide groups is 2. The van der Waals surface area contributed by atoms with Gasteiger partial charge in [0.25, 0.3) is 23.6 Å². The third kappa shape index (κ3) is 6.36. The van der Waals surface area contributed by atoms with Crippen LogP contribution in [-0.4, -0.2) is 58.1 Å². The molecule has 0 aromatic heterocycles. The van der Waals surface area contributed by atoms with Gasteiger partial charge in [0.1, 0.15) is 0 Å². The summed E-state index contributed by atoms with van der Waals surface area (Å²) in [5, 5.41) is -0.761. The van der Waals surface area contributed by atoms with Gasteiger partial charge in [-0.05, 0) is 49.2 Å². The summed E-state index contributed by atoms with van der Waals surface area (Å²) in [5.74, 6) is -17.1. The molecule has 0 radical (unpaired) electrons. The number of carbonyl (C=O) groups excluding carboxylic acids is 6. The molecule has 0 unspecified atom stereocenters. The Bertz CT molecular complexity index is 2120. The number of hydrogen-bond acceptors (Lipinski definition) is 6. The minimum absolute atomic E-state index is 0.184. The zero-order valence-electron chi connectivity index (χ0n) is 29.1. The third-order valence-corrected chi connectivity index (χ3v) is 9.73. The zero-order chi connectivity index (χ0) is 39.2. The third-order valence-electron chi connectivity index (χ3n) is 9.73. The molecule has 54 heavy (non-hydrogen) atoms. The molecule has 0 spiro atoms. The first kappa shape index (κ1) is 38.1. The summed E-state index contributed by atoms with van der Waals surface area (Å²) in [5.41, 5.74) is -4.58. The van der Waals surface area contributed by atoms with Gasteiger partial charge in [0, 0.05) is 57.2 Å². The van der Waals surface area contributed by atoms with E-state index in [4.69, 9.17) is 0 Å². The second kappa shape index (κ2) is 15.0. The topological polar surface area (TPSA) is 109 Å². The minimum Gasteiger partial charge on any atom is -0.289 e. The van der Waals surface area contributed by atoms with E-state index >= 15 is 0 Å². The lowest BCUT2D eigenvalue weighted by molar-refractivity contribution is 0.0584. The highest BCUT2D eigenvalue weighted by molar-refractivity contribution is 6.38. The van der Waals surface area contributed by atoms with E-state index in [1.165, 1.54) is 0 Å². The van der Waals surface area contributed by atoms with Gasteiger partial charge in [-0.3, -0.25) is 38.6 Å². The fraction of sp³-hybridized carbons (Fsp3) is 0.300. The largest absolute Gasteiger partial charge is 0.289 e. The Morgan fingerprint density at radius 1 is 0.481 bits per heavy atom. The smallest absolute Gasteiger partial charge is 0.262 e. The van der Waals surface area contributed by atoms with Crippen molar-refractivity contribution in [3.63, 3.8) is 0 Å². The number of hydrogen-bond donors (Lipinski definition) is 0. The van der Waals surface area contributed by atoms with E-state index in [1.807, 2.05) is 13.8 Å². The average Bonchev–Trinajstić information content (AvgIpc) is 3.15. The highest BCUT2D eigenvalue weighted by Crippen LogP contribution is 2.43. The molecule has 0 fully saturated rings. The van der Waals surface area contributed by atoms with E-state index in [9.17, 15) is 55.1 Å². The molecule has 0 N–H and O–H groups in total. The molecule has 4 aromatic carbocycles. The summed E-state index contributed by atoms with van der Waals surface area (Å²) in [4.78, 5) is 86.8. The monoisotopic (exact) mass is 750 g/mol. The molecule has 0 saturated heterocycles. The molecule has 0 bridgehead atoms. The fourth-order valence-corrected chi connectivity index (χ4v) is 7.00. The van der Waals surface area contributed by atoms with Crippen LogP contribution in [0.3, 0.4) is 0 Å². The number of benzene rings is 4. The molecule has 6 rings (SSSR count). The zero-order valence-corrected chi connectivity index (χ0v) is 29.1. The van der Waals surface area contributed by atoms with Gasteiger partial charge in [0.05, 0.1) is 11.1 Å². The highest BCUT2D eigenvalue weighted by Gasteiger charge is 2.44. The second-order valence-corrected chi connectivity index (χ2v) is 13.3. The van der Waals surface area contributed by atoms with Crippen LogP contribution in [0, 0.1) is 34.9 Å². The van der Waals surface area contributed by atoms with E-state index < -0.39 is 115 Å². The van der Waals surface area contributed by atoms with Crippen LogP contribution >= 0.6 is 0 Å². The average molecular weight is 751 g/mol. The molecule has 2 heterocycles. The van der Waals surface area contributed by atoms with Gasteiger partial charge in [0.2, 0.25) is 0 Å². The number of unbranched alkanes of at least 4 members (excludes halogenated alkanes) is 6. The minimum atomic E-state index is -1.86. The molecule has 0 saturated carbocycles. The summed E-state index contributed by atoms with van der Waals surface area (Å²) in [6.07, 6.45) is 4.85. The standard InChI is InChI=1S/C40H32F6N2O6/c1-3-5-7-9-11-47-37(51)23-17-22(36(50)20-15-27(43)34(46)28(44)16-20)32-30-24(38(52)48(40(32)54)12-10-8-6-4-2)18-21(31(29(23)30)39(47)53)35(49)19-13-25(41)33(45)26(42)14-19/h13-18H,3-12H2,1-2H3. The summed E-state index contributed by atoms with van der Waals surface area (Å²) >= 11 is 0. The Morgan fingerprint density at radius 2 is 0.815 bits per heavy atom. The number of carbonyl (C=O) groups is 6. The van der Waals surface area contributed by atoms with Crippen molar-refractivity contribution in [2.24, 2.45) is 0 Å². The van der Waals surface area contributed by atoms with Crippen LogP contribution in [0.15, 0.2) is 36.4 Å². The van der Waals surface area contributed by atoms with Crippen LogP contribution in [0.25, 0.3) is 10.8 Å². The number of amides is 4. The van der Waals surface area contributed by atoms with Crippen molar-refractivity contribution < 1.29 is 55.1 Å². The molecule has 4 aromatic rings. The SMILES string of the molecule is CCCCCCN1C(=O)c2cc(C(=O)c3cc(F)c(F)c(F)c3)c3c4c(cc(C(=O)c5cc(F)c(F)c(F)c5)c(c24)C1=O)C(=O)N(CCCCCC)C3=O. The van der Waals surface area contributed by atoms with Crippen LogP contribution in [0.5, 0.6) is 0 Å². The van der Waals surface area contributed by atoms with Crippen LogP contribution in [0.2, 0.25) is 0 Å². The van der Waals surface area contributed by atoms with Gasteiger partial charge in [-0.2, -0.15) is 0 Å². The summed E-state index contributed by atoms with van der Waals surface area (Å²) in [6.45, 7) is 3.49. The number of rotatable bonds is 14. The summed E-state index contributed by atoms with van der Waals surface area (Å²) in [7, 11) is 0. The fourth-order valence-electron chi connectivity index (χ4n) is 7.00. The molecule has 8 nitrogen and oxygen atoms in total. The Labute approximate surface area is 304 Å². The van der Waals surface area contributed by atoms with Crippen molar-refractivity contribution in [1.82, 2.24) is 9.80 Å². The highest BCUT2D eigenvalue weighted by atomic mass is 19.2. The van der Waals surface area contributed by atoms with Gasteiger partial charge < -0.3 is 0 Å². The number of ketones is 2. The van der Waals surface area contributed by atoms with E-state index in [0.717, 1.165) is 47.6 Å². The molecule has 0 aliphatic carbocycles. The van der Waals surface area contributed by atoms with Crippen molar-refractivity contribution in [2.75, 3.05) is 13.1 Å². The Kier molecular flexibility index (Phi) is 10.6. The van der Waals surface area contributed by atoms with Crippen molar-refractivity contribution in [3.8, 4) is 0 Å². The van der Waals surface area contributed by atoms with Gasteiger partial charge in [-0.15, -0.1) is 0 Å². The van der Waals surface area contributed by atoms with Gasteiger partial charge >= 0.3 is 0 Å². The van der Waals surface area contributed by atoms with Crippen LogP contribution < -0.4 is 0 Å². The lowest BCUT2D eigenvalue weighted by atomic mass is 9.79. The second-order valence-electron chi connectivity index (χ2n) is 13.3. The maximum atomic E-state index is 14.4. The lowest BCUT2D eigenvalue weighted by Gasteiger charge is -2.34. The van der Waals surface area contributed by atoms with Crippen molar-refractivity contribution in [3.05, 3.63) is 116 Å². The van der Waals surface area contributed by atoms with Crippen molar-refractivity contribution >= 4 is 46.0 Å². The van der Waals surface area contributed by atoms with E-state index in [0.29, 0.717) is 49.9 Å². The molecular formula is C40H32F6N2O6. The molecule has 280 valence electrons. The Morgan fingerprint density at radius 3 is 1.13 bits per heavy atom. The van der Waals surface area contributed by atoms with Crippen molar-refractivity contribution in [2.45, 2.75) is 65.2 Å². The van der Waals surface area contributed by atoms with Crippen LogP contribution in [-0.2, 0) is 0 Å². The van der Waals surface area contributed by atoms with Crippen LogP contribution in [0.1, 0.15) is 138 Å². The predicted octanol–water partition coefficient (Wildman–Crippen LogP) is 8.49. The first-order valence-electron chi connectivity index (χ1n) is 17.5. The first-order chi connectivity index (χ1) is 25.7. The summed E-state index contributed by atoms with van der Waals surface area (Å²) < 4.78 is 85.5. The Balaban J connectivity index is 1.68. The maximum Gasteiger partial charge on any atom is 0.262 e. The van der Waals surface area contributed by atoms with Gasteiger partial charge in [0.15, 0.2) is 46.5 Å². The van der Waals surface area contributed by atoms with Crippen LogP contribution in [0.4, 0.5) is 26.3 Å². The molecular weight excluding hydrogens is 718 g/mol. The molecule has 14 heteroatoms. The first-order valence-corrected chi connectivity index (χ1v) is 17.5. The quantitative estimate of drug-likeness (QED) is 0.0421. The van der Waals surface area contributed by atoms with E-state index in [1.54, 1.807) is 0 Å². The van der Waals surface area contributed by atoms with E-state index in [2.05, 4.69) is 0 Å². The number of halogens is 6. The normalized spacial score (nSPS) is 13.8.